The molecule has 1 saturated carbocycles. The molecule has 0 aromatic carbocycles. The van der Waals surface area contributed by atoms with Crippen LogP contribution in [0.2, 0.25) is 0 Å². The van der Waals surface area contributed by atoms with Gasteiger partial charge in [0.15, 0.2) is 0 Å². The highest BCUT2D eigenvalue weighted by Crippen LogP contribution is 2.35. The molecule has 3 fully saturated rings. The van der Waals surface area contributed by atoms with E-state index in [1.165, 1.54) is 11.3 Å². The van der Waals surface area contributed by atoms with Crippen molar-refractivity contribution in [3.05, 3.63) is 17.5 Å². The summed E-state index contributed by atoms with van der Waals surface area (Å²) < 4.78 is 27.8. The van der Waals surface area contributed by atoms with Gasteiger partial charge in [-0.05, 0) is 55.9 Å². The Morgan fingerprint density at radius 2 is 1.91 bits per heavy atom. The predicted molar refractivity (Wildman–Crippen MR) is 118 cm³/mol. The molecular formula is C20H29N5O5S2. The number of rotatable bonds is 6. The van der Waals surface area contributed by atoms with Crippen LogP contribution in [0.5, 0.6) is 0 Å². The lowest BCUT2D eigenvalue weighted by atomic mass is 9.77. The SMILES string of the molecule is CC1CCC2(CC1)NC(=O)N(NC(=O)CN1CCC(NS(=O)(=O)c3cccs3)CC1)C2=O. The zero-order valence-corrected chi connectivity index (χ0v) is 19.6. The Morgan fingerprint density at radius 3 is 2.53 bits per heavy atom. The second-order valence-electron chi connectivity index (χ2n) is 8.97. The summed E-state index contributed by atoms with van der Waals surface area (Å²) in [4.78, 5) is 39.6. The molecule has 4 rings (SSSR count). The maximum atomic E-state index is 12.9. The van der Waals surface area contributed by atoms with Crippen molar-refractivity contribution < 1.29 is 22.8 Å². The van der Waals surface area contributed by atoms with Crippen LogP contribution in [0.25, 0.3) is 0 Å². The minimum Gasteiger partial charge on any atom is -0.322 e. The van der Waals surface area contributed by atoms with E-state index >= 15 is 0 Å². The number of hydrogen-bond acceptors (Lipinski definition) is 7. The molecule has 176 valence electrons. The van der Waals surface area contributed by atoms with Gasteiger partial charge in [0.05, 0.1) is 6.54 Å². The van der Waals surface area contributed by atoms with E-state index in [1.807, 2.05) is 4.90 Å². The largest absolute Gasteiger partial charge is 0.344 e. The van der Waals surface area contributed by atoms with E-state index in [-0.39, 0.29) is 22.7 Å². The zero-order valence-electron chi connectivity index (χ0n) is 18.0. The Morgan fingerprint density at radius 1 is 1.22 bits per heavy atom. The molecule has 12 heteroatoms. The van der Waals surface area contributed by atoms with Crippen LogP contribution in [0.15, 0.2) is 21.7 Å². The van der Waals surface area contributed by atoms with E-state index in [4.69, 9.17) is 0 Å². The number of imide groups is 1. The molecule has 0 unspecified atom stereocenters. The summed E-state index contributed by atoms with van der Waals surface area (Å²) in [6, 6.07) is 2.49. The Labute approximate surface area is 191 Å². The first kappa shape index (κ1) is 23.1. The van der Waals surface area contributed by atoms with Gasteiger partial charge in [-0.2, -0.15) is 5.01 Å². The van der Waals surface area contributed by atoms with Gasteiger partial charge < -0.3 is 5.32 Å². The predicted octanol–water partition coefficient (Wildman–Crippen LogP) is 1.02. The zero-order chi connectivity index (χ0) is 22.9. The first-order valence-electron chi connectivity index (χ1n) is 10.9. The molecule has 3 aliphatic rings. The minimum atomic E-state index is -3.52. The molecule has 1 aromatic heterocycles. The summed E-state index contributed by atoms with van der Waals surface area (Å²) >= 11 is 1.17. The van der Waals surface area contributed by atoms with Gasteiger partial charge >= 0.3 is 6.03 Å². The molecule has 4 amide bonds. The lowest BCUT2D eigenvalue weighted by Crippen LogP contribution is -2.53. The topological polar surface area (TPSA) is 128 Å². The summed E-state index contributed by atoms with van der Waals surface area (Å²) in [5.74, 6) is -0.302. The second kappa shape index (κ2) is 9.08. The van der Waals surface area contributed by atoms with Crippen LogP contribution in [0.4, 0.5) is 4.79 Å². The summed E-state index contributed by atoms with van der Waals surface area (Å²) in [5.41, 5.74) is 1.56. The van der Waals surface area contributed by atoms with E-state index in [1.54, 1.807) is 17.5 Å². The molecule has 0 radical (unpaired) electrons. The summed E-state index contributed by atoms with van der Waals surface area (Å²) in [5, 5.41) is 5.32. The molecule has 32 heavy (non-hydrogen) atoms. The van der Waals surface area contributed by atoms with Crippen molar-refractivity contribution >= 4 is 39.2 Å². The van der Waals surface area contributed by atoms with Crippen LogP contribution >= 0.6 is 11.3 Å². The first-order chi connectivity index (χ1) is 15.2. The van der Waals surface area contributed by atoms with Crippen LogP contribution in [-0.4, -0.2) is 67.4 Å². The van der Waals surface area contributed by atoms with Gasteiger partial charge in [-0.3, -0.25) is 19.9 Å². The van der Waals surface area contributed by atoms with Crippen LogP contribution in [0.1, 0.15) is 45.4 Å². The fourth-order valence-corrected chi connectivity index (χ4v) is 6.90. The lowest BCUT2D eigenvalue weighted by molar-refractivity contribution is -0.140. The molecule has 2 saturated heterocycles. The van der Waals surface area contributed by atoms with E-state index in [0.29, 0.717) is 44.7 Å². The van der Waals surface area contributed by atoms with E-state index in [0.717, 1.165) is 17.9 Å². The molecule has 3 N–H and O–H groups in total. The van der Waals surface area contributed by atoms with Crippen molar-refractivity contribution in [1.82, 2.24) is 25.4 Å². The fourth-order valence-electron chi connectivity index (χ4n) is 4.58. The molecule has 1 aromatic rings. The Balaban J connectivity index is 1.25. The highest BCUT2D eigenvalue weighted by atomic mass is 32.2. The number of amides is 4. The van der Waals surface area contributed by atoms with E-state index < -0.39 is 27.5 Å². The maximum absolute atomic E-state index is 12.9. The normalized spacial score (nSPS) is 27.7. The molecule has 0 atom stereocenters. The standard InChI is InChI=1S/C20H29N5O5S2/c1-14-4-8-20(9-5-14)18(27)25(19(28)21-20)22-16(26)13-24-10-6-15(7-11-24)23-32(29,30)17-3-2-12-31-17/h2-3,12,14-15,23H,4-11,13H2,1H3,(H,21,28)(H,22,26). The third kappa shape index (κ3) is 4.82. The second-order valence-corrected chi connectivity index (χ2v) is 11.9. The number of urea groups is 1. The molecule has 1 aliphatic carbocycles. The van der Waals surface area contributed by atoms with Crippen molar-refractivity contribution in [2.75, 3.05) is 19.6 Å². The van der Waals surface area contributed by atoms with Crippen molar-refractivity contribution in [1.29, 1.82) is 0 Å². The maximum Gasteiger partial charge on any atom is 0.344 e. The van der Waals surface area contributed by atoms with Gasteiger partial charge in [-0.25, -0.2) is 17.9 Å². The average Bonchev–Trinajstić information content (AvgIpc) is 3.37. The lowest BCUT2D eigenvalue weighted by Gasteiger charge is -2.33. The van der Waals surface area contributed by atoms with Crippen molar-refractivity contribution in [3.8, 4) is 0 Å². The average molecular weight is 484 g/mol. The summed E-state index contributed by atoms with van der Waals surface area (Å²) in [6.07, 6.45) is 4.03. The van der Waals surface area contributed by atoms with Gasteiger partial charge in [0, 0.05) is 19.1 Å². The van der Waals surface area contributed by atoms with Crippen LogP contribution < -0.4 is 15.5 Å². The fraction of sp³-hybridized carbons (Fsp3) is 0.650. The Kier molecular flexibility index (Phi) is 6.57. The minimum absolute atomic E-state index is 0.0332. The quantitative estimate of drug-likeness (QED) is 0.519. The monoisotopic (exact) mass is 483 g/mol. The highest BCUT2D eigenvalue weighted by Gasteiger charge is 2.52. The van der Waals surface area contributed by atoms with Gasteiger partial charge in [0.2, 0.25) is 10.0 Å². The number of carbonyl (C=O) groups is 3. The molecule has 2 aliphatic heterocycles. The van der Waals surface area contributed by atoms with Crippen LogP contribution in [0, 0.1) is 5.92 Å². The third-order valence-corrected chi connectivity index (χ3v) is 9.48. The smallest absolute Gasteiger partial charge is 0.322 e. The van der Waals surface area contributed by atoms with E-state index in [9.17, 15) is 22.8 Å². The van der Waals surface area contributed by atoms with Crippen LogP contribution in [0.3, 0.4) is 0 Å². The Bertz CT molecular complexity index is 965. The van der Waals surface area contributed by atoms with Crippen molar-refractivity contribution in [3.63, 3.8) is 0 Å². The number of piperidine rings is 1. The Hall–Kier alpha value is -2.02. The van der Waals surface area contributed by atoms with Gasteiger partial charge in [0.1, 0.15) is 9.75 Å². The number of thiophene rings is 1. The highest BCUT2D eigenvalue weighted by molar-refractivity contribution is 7.91. The molecule has 10 nitrogen and oxygen atoms in total. The summed E-state index contributed by atoms with van der Waals surface area (Å²) in [6.45, 7) is 3.23. The van der Waals surface area contributed by atoms with Crippen molar-refractivity contribution in [2.24, 2.45) is 5.92 Å². The number of hydrogen-bond donors (Lipinski definition) is 3. The van der Waals surface area contributed by atoms with Gasteiger partial charge in [-0.15, -0.1) is 11.3 Å². The third-order valence-electron chi connectivity index (χ3n) is 6.56. The van der Waals surface area contributed by atoms with Gasteiger partial charge in [-0.1, -0.05) is 13.0 Å². The molecule has 3 heterocycles. The number of hydrazine groups is 1. The van der Waals surface area contributed by atoms with Gasteiger partial charge in [0.25, 0.3) is 11.8 Å². The number of nitrogens with one attached hydrogen (secondary N) is 3. The molecule has 0 bridgehead atoms. The number of carbonyl (C=O) groups excluding carboxylic acids is 3. The summed E-state index contributed by atoms with van der Waals surface area (Å²) in [7, 11) is -3.52. The van der Waals surface area contributed by atoms with Crippen LogP contribution in [-0.2, 0) is 19.6 Å². The first-order valence-corrected chi connectivity index (χ1v) is 13.3. The molecular weight excluding hydrogens is 454 g/mol. The van der Waals surface area contributed by atoms with Crippen molar-refractivity contribution in [2.45, 2.75) is 61.2 Å². The number of sulfonamides is 1. The van der Waals surface area contributed by atoms with E-state index in [2.05, 4.69) is 22.4 Å². The number of nitrogens with zero attached hydrogens (tertiary/aromatic N) is 2. The number of likely N-dealkylation sites (tertiary alicyclic amines) is 1. The molecule has 1 spiro atoms.